The first-order valence-electron chi connectivity index (χ1n) is 5.41. The summed E-state index contributed by atoms with van der Waals surface area (Å²) >= 11 is 0. The summed E-state index contributed by atoms with van der Waals surface area (Å²) in [6, 6.07) is 3.03. The third kappa shape index (κ3) is 4.58. The van der Waals surface area contributed by atoms with E-state index < -0.39 is 6.03 Å². The van der Waals surface area contributed by atoms with Gasteiger partial charge >= 0.3 is 6.03 Å². The van der Waals surface area contributed by atoms with Crippen molar-refractivity contribution < 1.29 is 4.79 Å². The number of aromatic nitrogens is 1. The van der Waals surface area contributed by atoms with Crippen molar-refractivity contribution in [2.24, 2.45) is 11.2 Å². The first-order chi connectivity index (χ1) is 8.13. The Morgan fingerprint density at radius 3 is 2.88 bits per heavy atom. The number of hydrogen-bond acceptors (Lipinski definition) is 4. The van der Waals surface area contributed by atoms with Gasteiger partial charge < -0.3 is 5.32 Å². The van der Waals surface area contributed by atoms with Crippen LogP contribution >= 0.6 is 0 Å². The van der Waals surface area contributed by atoms with E-state index in [1.165, 1.54) is 0 Å². The molecule has 1 N–H and O–H groups in total. The maximum absolute atomic E-state index is 11.6. The van der Waals surface area contributed by atoms with Crippen molar-refractivity contribution >= 4 is 6.03 Å². The fourth-order valence-electron chi connectivity index (χ4n) is 1.19. The Kier molecular flexibility index (Phi) is 5.06. The highest BCUT2D eigenvalue weighted by Gasteiger charge is 2.14. The van der Waals surface area contributed by atoms with Crippen LogP contribution in [0.3, 0.4) is 0 Å². The molecule has 0 aliphatic rings. The van der Waals surface area contributed by atoms with Crippen molar-refractivity contribution in [1.82, 2.24) is 15.3 Å². The largest absolute Gasteiger partial charge is 0.340 e. The highest BCUT2D eigenvalue weighted by Crippen LogP contribution is 2.03. The first kappa shape index (κ1) is 13.1. The second-order valence-electron chi connectivity index (χ2n) is 4.08. The van der Waals surface area contributed by atoms with Crippen molar-refractivity contribution in [3.8, 4) is 0 Å². The van der Waals surface area contributed by atoms with E-state index in [1.807, 2.05) is 13.8 Å². The van der Waals surface area contributed by atoms with Gasteiger partial charge in [0.05, 0.1) is 11.8 Å². The molecule has 1 heterocycles. The number of carbonyl (C=O) groups is 1. The van der Waals surface area contributed by atoms with Crippen LogP contribution in [0, 0.1) is 10.8 Å². The number of amides is 2. The molecule has 0 aliphatic carbocycles. The summed E-state index contributed by atoms with van der Waals surface area (Å²) in [6.07, 6.45) is 3.22. The normalized spacial score (nSPS) is 10.1. The molecule has 2 amide bonds. The van der Waals surface area contributed by atoms with Gasteiger partial charge in [-0.15, -0.1) is 4.91 Å². The summed E-state index contributed by atoms with van der Waals surface area (Å²) in [6.45, 7) is 4.58. The van der Waals surface area contributed by atoms with Crippen molar-refractivity contribution in [2.45, 2.75) is 20.4 Å². The SMILES string of the molecule is CC(C)CNC(=O)N(Cc1cccnc1)N=O. The predicted octanol–water partition coefficient (Wildman–Crippen LogP) is 1.93. The first-order valence-corrected chi connectivity index (χ1v) is 5.41. The Bertz CT molecular complexity index is 367. The number of hydrogen-bond donors (Lipinski definition) is 1. The molecule has 17 heavy (non-hydrogen) atoms. The molecule has 0 aromatic carbocycles. The standard InChI is InChI=1S/C11H16N4O2/c1-9(2)6-13-11(16)15(14-17)8-10-4-3-5-12-7-10/h3-5,7,9H,6,8H2,1-2H3,(H,13,16). The molecule has 0 aliphatic heterocycles. The van der Waals surface area contributed by atoms with Crippen LogP contribution in [-0.2, 0) is 6.54 Å². The lowest BCUT2D eigenvalue weighted by Crippen LogP contribution is -2.37. The van der Waals surface area contributed by atoms with Crippen molar-refractivity contribution in [1.29, 1.82) is 0 Å². The molecule has 1 rings (SSSR count). The number of nitrogens with zero attached hydrogens (tertiary/aromatic N) is 3. The number of pyridine rings is 1. The second-order valence-corrected chi connectivity index (χ2v) is 4.08. The summed E-state index contributed by atoms with van der Waals surface area (Å²) in [7, 11) is 0. The minimum atomic E-state index is -0.488. The third-order valence-corrected chi connectivity index (χ3v) is 2.05. The molecule has 1 aromatic heterocycles. The fourth-order valence-corrected chi connectivity index (χ4v) is 1.19. The van der Waals surface area contributed by atoms with Gasteiger partial charge in [0.2, 0.25) is 0 Å². The van der Waals surface area contributed by atoms with E-state index in [0.717, 1.165) is 10.6 Å². The van der Waals surface area contributed by atoms with Crippen LogP contribution in [0.25, 0.3) is 0 Å². The molecule has 0 unspecified atom stereocenters. The zero-order valence-corrected chi connectivity index (χ0v) is 9.96. The molecule has 0 spiro atoms. The van der Waals surface area contributed by atoms with Gasteiger partial charge in [0.15, 0.2) is 0 Å². The summed E-state index contributed by atoms with van der Waals surface area (Å²) in [5, 5.41) is 6.18. The van der Waals surface area contributed by atoms with Gasteiger partial charge in [-0.25, -0.2) is 4.79 Å². The van der Waals surface area contributed by atoms with Gasteiger partial charge in [-0.1, -0.05) is 19.9 Å². The second kappa shape index (κ2) is 6.57. The van der Waals surface area contributed by atoms with Crippen LogP contribution in [0.15, 0.2) is 29.8 Å². The van der Waals surface area contributed by atoms with E-state index in [0.29, 0.717) is 12.5 Å². The van der Waals surface area contributed by atoms with Crippen LogP contribution in [0.4, 0.5) is 4.79 Å². The van der Waals surface area contributed by atoms with E-state index in [2.05, 4.69) is 15.6 Å². The minimum Gasteiger partial charge on any atom is -0.336 e. The zero-order valence-electron chi connectivity index (χ0n) is 9.96. The van der Waals surface area contributed by atoms with E-state index in [4.69, 9.17) is 0 Å². The summed E-state index contributed by atoms with van der Waals surface area (Å²) in [4.78, 5) is 26.1. The average molecular weight is 236 g/mol. The topological polar surface area (TPSA) is 74.7 Å². The van der Waals surface area contributed by atoms with Crippen LogP contribution < -0.4 is 5.32 Å². The van der Waals surface area contributed by atoms with Crippen LogP contribution in [-0.4, -0.2) is 22.6 Å². The predicted molar refractivity (Wildman–Crippen MR) is 63.8 cm³/mol. The molecular weight excluding hydrogens is 220 g/mol. The molecule has 0 saturated heterocycles. The maximum atomic E-state index is 11.6. The van der Waals surface area contributed by atoms with Gasteiger partial charge in [-0.2, -0.15) is 5.01 Å². The van der Waals surface area contributed by atoms with Crippen molar-refractivity contribution in [3.05, 3.63) is 35.0 Å². The average Bonchev–Trinajstić information content (AvgIpc) is 2.34. The fraction of sp³-hybridized carbons (Fsp3) is 0.455. The number of rotatable bonds is 5. The highest BCUT2D eigenvalue weighted by molar-refractivity contribution is 5.73. The molecule has 6 heteroatoms. The lowest BCUT2D eigenvalue weighted by Gasteiger charge is -2.15. The number of carbonyl (C=O) groups excluding carboxylic acids is 1. The van der Waals surface area contributed by atoms with Crippen molar-refractivity contribution in [2.75, 3.05) is 6.54 Å². The number of urea groups is 1. The molecule has 0 saturated carbocycles. The van der Waals surface area contributed by atoms with Gasteiger partial charge in [0.1, 0.15) is 0 Å². The molecule has 1 aromatic rings. The van der Waals surface area contributed by atoms with E-state index in [9.17, 15) is 9.70 Å². The lowest BCUT2D eigenvalue weighted by molar-refractivity contribution is 0.195. The van der Waals surface area contributed by atoms with E-state index >= 15 is 0 Å². The third-order valence-electron chi connectivity index (χ3n) is 2.05. The van der Waals surface area contributed by atoms with Crippen LogP contribution in [0.1, 0.15) is 19.4 Å². The van der Waals surface area contributed by atoms with Crippen LogP contribution in [0.2, 0.25) is 0 Å². The molecule has 0 fully saturated rings. The Balaban J connectivity index is 2.54. The highest BCUT2D eigenvalue weighted by atomic mass is 16.3. The summed E-state index contributed by atoms with van der Waals surface area (Å²) in [5.41, 5.74) is 0.756. The molecule has 0 radical (unpaired) electrons. The molecular formula is C11H16N4O2. The summed E-state index contributed by atoms with van der Waals surface area (Å²) in [5.74, 6) is 0.325. The Morgan fingerprint density at radius 1 is 1.59 bits per heavy atom. The molecule has 0 atom stereocenters. The quantitative estimate of drug-likeness (QED) is 0.627. The van der Waals surface area contributed by atoms with E-state index in [-0.39, 0.29) is 6.54 Å². The minimum absolute atomic E-state index is 0.126. The van der Waals surface area contributed by atoms with Crippen LogP contribution in [0.5, 0.6) is 0 Å². The maximum Gasteiger partial charge on any atom is 0.340 e. The van der Waals surface area contributed by atoms with Crippen molar-refractivity contribution in [3.63, 3.8) is 0 Å². The lowest BCUT2D eigenvalue weighted by atomic mass is 10.2. The van der Waals surface area contributed by atoms with Gasteiger partial charge in [0, 0.05) is 18.9 Å². The van der Waals surface area contributed by atoms with Gasteiger partial charge in [-0.3, -0.25) is 4.98 Å². The Morgan fingerprint density at radius 2 is 2.35 bits per heavy atom. The number of nitroso groups, excluding NO2 is 1. The zero-order chi connectivity index (χ0) is 12.7. The monoisotopic (exact) mass is 236 g/mol. The van der Waals surface area contributed by atoms with E-state index in [1.54, 1.807) is 24.5 Å². The summed E-state index contributed by atoms with van der Waals surface area (Å²) < 4.78 is 0. The molecule has 0 bridgehead atoms. The Hall–Kier alpha value is -1.98. The van der Waals surface area contributed by atoms with Gasteiger partial charge in [0.25, 0.3) is 0 Å². The van der Waals surface area contributed by atoms with Gasteiger partial charge in [-0.05, 0) is 17.5 Å². The smallest absolute Gasteiger partial charge is 0.336 e. The molecule has 6 nitrogen and oxygen atoms in total. The Labute approximate surface area is 100.0 Å². The number of nitrogens with one attached hydrogen (secondary N) is 1. The molecule has 92 valence electrons.